The van der Waals surface area contributed by atoms with E-state index in [1.807, 2.05) is 0 Å². The summed E-state index contributed by atoms with van der Waals surface area (Å²) in [6.45, 7) is 2.53. The molecule has 5 heteroatoms. The molecule has 0 heterocycles. The molecule has 0 spiro atoms. The molecule has 0 unspecified atom stereocenters. The van der Waals surface area contributed by atoms with Crippen LogP contribution in [0.15, 0.2) is 18.2 Å². The predicted octanol–water partition coefficient (Wildman–Crippen LogP) is 0.850. The zero-order valence-electron chi connectivity index (χ0n) is 9.19. The normalized spacial score (nSPS) is 9.88. The summed E-state index contributed by atoms with van der Waals surface area (Å²) in [7, 11) is 0. The summed E-state index contributed by atoms with van der Waals surface area (Å²) in [4.78, 5) is 11.4. The summed E-state index contributed by atoms with van der Waals surface area (Å²) in [6.07, 6.45) is 0. The molecule has 1 aromatic rings. The first kappa shape index (κ1) is 12.3. The van der Waals surface area contributed by atoms with Crippen molar-refractivity contribution >= 4 is 17.3 Å². The van der Waals surface area contributed by atoms with Crippen molar-refractivity contribution in [3.63, 3.8) is 0 Å². The third kappa shape index (κ3) is 3.13. The standard InChI is InChI=1S/C11H16N2O3/c1-2-16-11(15)8-3-4-10(9(12)7-8)13-5-6-14/h3-4,7,13-14H,2,5-6,12H2,1H3. The Balaban J connectivity index is 2.78. The van der Waals surface area contributed by atoms with Crippen LogP contribution >= 0.6 is 0 Å². The van der Waals surface area contributed by atoms with Gasteiger partial charge in [-0.3, -0.25) is 0 Å². The van der Waals surface area contributed by atoms with Crippen LogP contribution in [0.5, 0.6) is 0 Å². The van der Waals surface area contributed by atoms with Crippen LogP contribution in [0.4, 0.5) is 11.4 Å². The van der Waals surface area contributed by atoms with Crippen LogP contribution < -0.4 is 11.1 Å². The van der Waals surface area contributed by atoms with E-state index in [1.165, 1.54) is 0 Å². The molecule has 0 aromatic heterocycles. The third-order valence-electron chi connectivity index (χ3n) is 1.99. The van der Waals surface area contributed by atoms with Gasteiger partial charge in [0.25, 0.3) is 0 Å². The Bertz CT molecular complexity index is 366. The minimum atomic E-state index is -0.386. The van der Waals surface area contributed by atoms with E-state index >= 15 is 0 Å². The number of nitrogens with one attached hydrogen (secondary N) is 1. The van der Waals surface area contributed by atoms with Crippen molar-refractivity contribution in [2.75, 3.05) is 30.8 Å². The lowest BCUT2D eigenvalue weighted by Crippen LogP contribution is -2.09. The molecule has 0 amide bonds. The summed E-state index contributed by atoms with van der Waals surface area (Å²) in [6, 6.07) is 4.88. The Morgan fingerprint density at radius 2 is 2.31 bits per heavy atom. The van der Waals surface area contributed by atoms with Crippen molar-refractivity contribution in [2.45, 2.75) is 6.92 Å². The van der Waals surface area contributed by atoms with Crippen molar-refractivity contribution in [1.29, 1.82) is 0 Å². The van der Waals surface area contributed by atoms with Gasteiger partial charge in [-0.15, -0.1) is 0 Å². The smallest absolute Gasteiger partial charge is 0.338 e. The van der Waals surface area contributed by atoms with E-state index in [9.17, 15) is 4.79 Å². The number of esters is 1. The number of hydrogen-bond acceptors (Lipinski definition) is 5. The first-order valence-electron chi connectivity index (χ1n) is 5.10. The Morgan fingerprint density at radius 3 is 2.88 bits per heavy atom. The fourth-order valence-electron chi connectivity index (χ4n) is 1.26. The molecule has 0 aliphatic rings. The number of rotatable bonds is 5. The van der Waals surface area contributed by atoms with Crippen molar-refractivity contribution < 1.29 is 14.6 Å². The Morgan fingerprint density at radius 1 is 1.56 bits per heavy atom. The van der Waals surface area contributed by atoms with E-state index in [1.54, 1.807) is 25.1 Å². The van der Waals surface area contributed by atoms with Gasteiger partial charge in [-0.2, -0.15) is 0 Å². The second-order valence-corrected chi connectivity index (χ2v) is 3.17. The molecule has 0 fully saturated rings. The number of aliphatic hydroxyl groups excluding tert-OH is 1. The largest absolute Gasteiger partial charge is 0.462 e. The summed E-state index contributed by atoms with van der Waals surface area (Å²) < 4.78 is 4.85. The van der Waals surface area contributed by atoms with E-state index < -0.39 is 0 Å². The molecule has 88 valence electrons. The summed E-state index contributed by atoms with van der Waals surface area (Å²) in [5.74, 6) is -0.386. The second-order valence-electron chi connectivity index (χ2n) is 3.17. The number of hydrogen-bond donors (Lipinski definition) is 3. The van der Waals surface area contributed by atoms with Crippen LogP contribution in [0.3, 0.4) is 0 Å². The quantitative estimate of drug-likeness (QED) is 0.510. The highest BCUT2D eigenvalue weighted by Crippen LogP contribution is 2.20. The number of aliphatic hydroxyl groups is 1. The average Bonchev–Trinajstić information content (AvgIpc) is 2.27. The number of carbonyl (C=O) groups excluding carboxylic acids is 1. The number of ether oxygens (including phenoxy) is 1. The first-order valence-corrected chi connectivity index (χ1v) is 5.10. The van der Waals surface area contributed by atoms with Gasteiger partial charge in [-0.1, -0.05) is 0 Å². The molecule has 5 nitrogen and oxygen atoms in total. The molecule has 0 aliphatic heterocycles. The van der Waals surface area contributed by atoms with Crippen molar-refractivity contribution in [3.8, 4) is 0 Å². The lowest BCUT2D eigenvalue weighted by atomic mass is 10.1. The maximum absolute atomic E-state index is 11.4. The number of nitrogen functional groups attached to an aromatic ring is 1. The fourth-order valence-corrected chi connectivity index (χ4v) is 1.26. The molecule has 0 saturated carbocycles. The average molecular weight is 224 g/mol. The van der Waals surface area contributed by atoms with E-state index in [0.29, 0.717) is 30.1 Å². The van der Waals surface area contributed by atoms with Crippen LogP contribution in [-0.2, 0) is 4.74 Å². The van der Waals surface area contributed by atoms with E-state index in [4.69, 9.17) is 15.6 Å². The SMILES string of the molecule is CCOC(=O)c1ccc(NCCO)c(N)c1. The fraction of sp³-hybridized carbons (Fsp3) is 0.364. The molecule has 1 rings (SSSR count). The molecule has 0 bridgehead atoms. The molecule has 1 aromatic carbocycles. The van der Waals surface area contributed by atoms with Gasteiger partial charge in [-0.25, -0.2) is 4.79 Å². The molecule has 16 heavy (non-hydrogen) atoms. The second kappa shape index (κ2) is 5.97. The van der Waals surface area contributed by atoms with Gasteiger partial charge in [0, 0.05) is 6.54 Å². The van der Waals surface area contributed by atoms with Crippen molar-refractivity contribution in [1.82, 2.24) is 0 Å². The van der Waals surface area contributed by atoms with Gasteiger partial charge in [0.05, 0.1) is 30.2 Å². The maximum atomic E-state index is 11.4. The molecule has 4 N–H and O–H groups in total. The topological polar surface area (TPSA) is 84.6 Å². The first-order chi connectivity index (χ1) is 7.69. The lowest BCUT2D eigenvalue weighted by molar-refractivity contribution is 0.0526. The molecular formula is C11H16N2O3. The third-order valence-corrected chi connectivity index (χ3v) is 1.99. The highest BCUT2D eigenvalue weighted by molar-refractivity contribution is 5.91. The van der Waals surface area contributed by atoms with E-state index in [-0.39, 0.29) is 12.6 Å². The van der Waals surface area contributed by atoms with E-state index in [2.05, 4.69) is 5.32 Å². The maximum Gasteiger partial charge on any atom is 0.338 e. The number of nitrogens with two attached hydrogens (primary N) is 1. The van der Waals surface area contributed by atoms with Gasteiger partial charge >= 0.3 is 5.97 Å². The lowest BCUT2D eigenvalue weighted by Gasteiger charge is -2.09. The monoisotopic (exact) mass is 224 g/mol. The molecule has 0 radical (unpaired) electrons. The Labute approximate surface area is 94.2 Å². The van der Waals surface area contributed by atoms with Crippen LogP contribution in [0.1, 0.15) is 17.3 Å². The van der Waals surface area contributed by atoms with Gasteiger partial charge in [-0.05, 0) is 25.1 Å². The Kier molecular flexibility index (Phi) is 4.60. The van der Waals surface area contributed by atoms with Crippen LogP contribution in [0, 0.1) is 0 Å². The van der Waals surface area contributed by atoms with Crippen LogP contribution in [-0.4, -0.2) is 30.8 Å². The van der Waals surface area contributed by atoms with Gasteiger partial charge in [0.2, 0.25) is 0 Å². The minimum Gasteiger partial charge on any atom is -0.462 e. The number of benzene rings is 1. The predicted molar refractivity (Wildman–Crippen MR) is 62.4 cm³/mol. The molecular weight excluding hydrogens is 208 g/mol. The highest BCUT2D eigenvalue weighted by Gasteiger charge is 2.08. The minimum absolute atomic E-state index is 0.0269. The van der Waals surface area contributed by atoms with Crippen molar-refractivity contribution in [3.05, 3.63) is 23.8 Å². The Hall–Kier alpha value is -1.75. The summed E-state index contributed by atoms with van der Waals surface area (Å²) in [5.41, 5.74) is 7.32. The van der Waals surface area contributed by atoms with Crippen LogP contribution in [0.2, 0.25) is 0 Å². The van der Waals surface area contributed by atoms with Crippen molar-refractivity contribution in [2.24, 2.45) is 0 Å². The van der Waals surface area contributed by atoms with Gasteiger partial charge < -0.3 is 20.9 Å². The highest BCUT2D eigenvalue weighted by atomic mass is 16.5. The molecule has 0 atom stereocenters. The molecule has 0 saturated heterocycles. The number of carbonyl (C=O) groups is 1. The van der Waals surface area contributed by atoms with Crippen LogP contribution in [0.25, 0.3) is 0 Å². The molecule has 0 aliphatic carbocycles. The van der Waals surface area contributed by atoms with E-state index in [0.717, 1.165) is 0 Å². The summed E-state index contributed by atoms with van der Waals surface area (Å²) >= 11 is 0. The zero-order chi connectivity index (χ0) is 12.0. The van der Waals surface area contributed by atoms with Gasteiger partial charge in [0.1, 0.15) is 0 Å². The zero-order valence-corrected chi connectivity index (χ0v) is 9.19. The summed E-state index contributed by atoms with van der Waals surface area (Å²) in [5, 5.41) is 11.6. The van der Waals surface area contributed by atoms with Gasteiger partial charge in [0.15, 0.2) is 0 Å². The number of anilines is 2.